The second-order valence-electron chi connectivity index (χ2n) is 6.03. The maximum absolute atomic E-state index is 4.68. The van der Waals surface area contributed by atoms with Crippen LogP contribution in [0.3, 0.4) is 0 Å². The maximum atomic E-state index is 4.68. The highest BCUT2D eigenvalue weighted by Crippen LogP contribution is 2.24. The Kier molecular flexibility index (Phi) is 3.93. The number of hydrogen-bond acceptors (Lipinski definition) is 3. The zero-order valence-corrected chi connectivity index (χ0v) is 13.1. The first-order valence-electron chi connectivity index (χ1n) is 7.63. The van der Waals surface area contributed by atoms with E-state index in [9.17, 15) is 0 Å². The number of hydrogen-bond donors (Lipinski definition) is 1. The van der Waals surface area contributed by atoms with Crippen LogP contribution < -0.4 is 10.2 Å². The third kappa shape index (κ3) is 3.61. The van der Waals surface area contributed by atoms with Gasteiger partial charge >= 0.3 is 0 Å². The summed E-state index contributed by atoms with van der Waals surface area (Å²) in [6.45, 7) is 5.11. The summed E-state index contributed by atoms with van der Waals surface area (Å²) in [5.41, 5.74) is 4.82. The highest BCUT2D eigenvalue weighted by molar-refractivity contribution is 5.60. The molecule has 21 heavy (non-hydrogen) atoms. The van der Waals surface area contributed by atoms with E-state index in [1.807, 2.05) is 0 Å². The van der Waals surface area contributed by atoms with E-state index < -0.39 is 0 Å². The summed E-state index contributed by atoms with van der Waals surface area (Å²) in [6.07, 6.45) is 2.64. The predicted octanol–water partition coefficient (Wildman–Crippen LogP) is 3.72. The van der Waals surface area contributed by atoms with Crippen LogP contribution >= 0.6 is 0 Å². The van der Waals surface area contributed by atoms with E-state index in [2.05, 4.69) is 72.5 Å². The molecule has 0 amide bonds. The van der Waals surface area contributed by atoms with E-state index in [1.165, 1.54) is 29.7 Å². The first-order valence-corrected chi connectivity index (χ1v) is 7.63. The standard InChI is InChI=1S/C18H23N3/c1-13-5-4-6-17(9-13)21(3)18-11-15(10-14(2)20-18)12-19-16-7-8-16/h4-6,9-11,16,19H,7-8,12H2,1-3H3. The van der Waals surface area contributed by atoms with Crippen LogP contribution in [-0.2, 0) is 6.54 Å². The third-order valence-corrected chi connectivity index (χ3v) is 3.90. The van der Waals surface area contributed by atoms with E-state index in [0.717, 1.165) is 24.1 Å². The Labute approximate surface area is 127 Å². The largest absolute Gasteiger partial charge is 0.329 e. The molecule has 3 nitrogen and oxygen atoms in total. The predicted molar refractivity (Wildman–Crippen MR) is 88.1 cm³/mol. The van der Waals surface area contributed by atoms with Gasteiger partial charge in [0.05, 0.1) is 0 Å². The van der Waals surface area contributed by atoms with E-state index in [-0.39, 0.29) is 0 Å². The number of aryl methyl sites for hydroxylation is 2. The average Bonchev–Trinajstić information content (AvgIpc) is 3.28. The fourth-order valence-electron chi connectivity index (χ4n) is 2.51. The maximum Gasteiger partial charge on any atom is 0.133 e. The highest BCUT2D eigenvalue weighted by atomic mass is 15.2. The van der Waals surface area contributed by atoms with Gasteiger partial charge in [-0.3, -0.25) is 0 Å². The van der Waals surface area contributed by atoms with Crippen LogP contribution in [0.15, 0.2) is 36.4 Å². The lowest BCUT2D eigenvalue weighted by molar-refractivity contribution is 0.686. The summed E-state index contributed by atoms with van der Waals surface area (Å²) in [7, 11) is 2.08. The SMILES string of the molecule is Cc1cccc(N(C)c2cc(CNC3CC3)cc(C)n2)c1. The van der Waals surface area contributed by atoms with Crippen LogP contribution in [0.2, 0.25) is 0 Å². The summed E-state index contributed by atoms with van der Waals surface area (Å²) in [5, 5.41) is 3.57. The summed E-state index contributed by atoms with van der Waals surface area (Å²) < 4.78 is 0. The monoisotopic (exact) mass is 281 g/mol. The van der Waals surface area contributed by atoms with Crippen LogP contribution in [0.25, 0.3) is 0 Å². The van der Waals surface area contributed by atoms with Crippen molar-refractivity contribution in [2.75, 3.05) is 11.9 Å². The van der Waals surface area contributed by atoms with Gasteiger partial charge < -0.3 is 10.2 Å². The molecular weight excluding hydrogens is 258 g/mol. The van der Waals surface area contributed by atoms with Crippen molar-refractivity contribution < 1.29 is 0 Å². The Bertz CT molecular complexity index is 632. The molecule has 1 aliphatic rings. The second-order valence-corrected chi connectivity index (χ2v) is 6.03. The molecule has 1 heterocycles. The van der Waals surface area contributed by atoms with E-state index in [0.29, 0.717) is 0 Å². The third-order valence-electron chi connectivity index (χ3n) is 3.90. The molecule has 0 bridgehead atoms. The van der Waals surface area contributed by atoms with E-state index in [1.54, 1.807) is 0 Å². The Balaban J connectivity index is 1.82. The van der Waals surface area contributed by atoms with Gasteiger partial charge in [-0.15, -0.1) is 0 Å². The molecule has 1 aromatic heterocycles. The molecule has 0 radical (unpaired) electrons. The summed E-state index contributed by atoms with van der Waals surface area (Å²) in [5.74, 6) is 1.01. The molecule has 0 saturated heterocycles. The van der Waals surface area contributed by atoms with Gasteiger partial charge in [0.2, 0.25) is 0 Å². The van der Waals surface area contributed by atoms with Gasteiger partial charge in [-0.25, -0.2) is 4.98 Å². The highest BCUT2D eigenvalue weighted by Gasteiger charge is 2.20. The van der Waals surface area contributed by atoms with Crippen LogP contribution in [0, 0.1) is 13.8 Å². The summed E-state index contributed by atoms with van der Waals surface area (Å²) >= 11 is 0. The van der Waals surface area contributed by atoms with Crippen LogP contribution in [0.4, 0.5) is 11.5 Å². The molecule has 110 valence electrons. The Morgan fingerprint density at radius 1 is 1.19 bits per heavy atom. The molecule has 0 atom stereocenters. The van der Waals surface area contributed by atoms with Gasteiger partial charge in [0, 0.05) is 31.0 Å². The van der Waals surface area contributed by atoms with Crippen molar-refractivity contribution in [3.63, 3.8) is 0 Å². The molecule has 1 N–H and O–H groups in total. The molecular formula is C18H23N3. The normalized spacial score (nSPS) is 14.2. The number of rotatable bonds is 5. The van der Waals surface area contributed by atoms with Gasteiger partial charge in [0.15, 0.2) is 0 Å². The zero-order valence-electron chi connectivity index (χ0n) is 13.1. The molecule has 0 spiro atoms. The topological polar surface area (TPSA) is 28.2 Å². The van der Waals surface area contributed by atoms with Crippen LogP contribution in [0.1, 0.15) is 29.7 Å². The van der Waals surface area contributed by atoms with Crippen LogP contribution in [-0.4, -0.2) is 18.1 Å². The molecule has 1 aromatic carbocycles. The molecule has 1 fully saturated rings. The summed E-state index contributed by atoms with van der Waals surface area (Å²) in [6, 6.07) is 13.6. The van der Waals surface area contributed by atoms with Crippen molar-refractivity contribution in [3.05, 3.63) is 53.2 Å². The smallest absolute Gasteiger partial charge is 0.133 e. The number of nitrogens with one attached hydrogen (secondary N) is 1. The van der Waals surface area contributed by atoms with Crippen molar-refractivity contribution in [3.8, 4) is 0 Å². The molecule has 0 aliphatic heterocycles. The molecule has 0 unspecified atom stereocenters. The van der Waals surface area contributed by atoms with Gasteiger partial charge in [-0.05, 0) is 62.1 Å². The van der Waals surface area contributed by atoms with Crippen molar-refractivity contribution in [2.24, 2.45) is 0 Å². The van der Waals surface area contributed by atoms with Crippen LogP contribution in [0.5, 0.6) is 0 Å². The first-order chi connectivity index (χ1) is 10.1. The molecule has 3 heteroatoms. The minimum absolute atomic E-state index is 0.733. The Morgan fingerprint density at radius 2 is 2.00 bits per heavy atom. The van der Waals surface area contributed by atoms with Gasteiger partial charge in [-0.1, -0.05) is 12.1 Å². The average molecular weight is 281 g/mol. The second kappa shape index (κ2) is 5.86. The lowest BCUT2D eigenvalue weighted by Crippen LogP contribution is -2.17. The number of pyridine rings is 1. The Hall–Kier alpha value is -1.87. The minimum atomic E-state index is 0.733. The number of anilines is 2. The first kappa shape index (κ1) is 14.1. The molecule has 1 aliphatic carbocycles. The number of benzene rings is 1. The number of nitrogens with zero attached hydrogens (tertiary/aromatic N) is 2. The lowest BCUT2D eigenvalue weighted by Gasteiger charge is -2.20. The minimum Gasteiger partial charge on any atom is -0.329 e. The van der Waals surface area contributed by atoms with Gasteiger partial charge in [0.25, 0.3) is 0 Å². The summed E-state index contributed by atoms with van der Waals surface area (Å²) in [4.78, 5) is 6.83. The Morgan fingerprint density at radius 3 is 2.71 bits per heavy atom. The molecule has 1 saturated carbocycles. The van der Waals surface area contributed by atoms with E-state index >= 15 is 0 Å². The molecule has 3 rings (SSSR count). The quantitative estimate of drug-likeness (QED) is 0.905. The lowest BCUT2D eigenvalue weighted by atomic mass is 10.2. The fraction of sp³-hybridized carbons (Fsp3) is 0.389. The van der Waals surface area contributed by atoms with Crippen molar-refractivity contribution in [1.29, 1.82) is 0 Å². The van der Waals surface area contributed by atoms with Crippen molar-refractivity contribution in [2.45, 2.75) is 39.3 Å². The fourth-order valence-corrected chi connectivity index (χ4v) is 2.51. The molecule has 2 aromatic rings. The van der Waals surface area contributed by atoms with Gasteiger partial charge in [-0.2, -0.15) is 0 Å². The van der Waals surface area contributed by atoms with Gasteiger partial charge in [0.1, 0.15) is 5.82 Å². The number of aromatic nitrogens is 1. The zero-order chi connectivity index (χ0) is 14.8. The van der Waals surface area contributed by atoms with E-state index in [4.69, 9.17) is 0 Å². The van der Waals surface area contributed by atoms with Crippen molar-refractivity contribution >= 4 is 11.5 Å². The van der Waals surface area contributed by atoms with Crippen molar-refractivity contribution in [1.82, 2.24) is 10.3 Å².